The molecule has 2 rings (SSSR count). The summed E-state index contributed by atoms with van der Waals surface area (Å²) in [5.74, 6) is 0.488. The third kappa shape index (κ3) is 4.52. The monoisotopic (exact) mass is 391 g/mol. The number of aromatic nitrogens is 1. The molecule has 3 nitrogen and oxygen atoms in total. The van der Waals surface area contributed by atoms with Gasteiger partial charge in [0.1, 0.15) is 0 Å². The smallest absolute Gasteiger partial charge is 0.206 e. The van der Waals surface area contributed by atoms with E-state index in [1.807, 2.05) is 29.1 Å². The Bertz CT molecular complexity index is 739. The minimum Gasteiger partial charge on any atom is -0.253 e. The lowest BCUT2D eigenvalue weighted by Gasteiger charge is -2.08. The number of halogens is 1. The molecule has 0 spiro atoms. The summed E-state index contributed by atoms with van der Waals surface area (Å²) in [5, 5.41) is 6.84. The van der Waals surface area contributed by atoms with Crippen LogP contribution in [0.5, 0.6) is 0 Å². The largest absolute Gasteiger partial charge is 0.253 e. The molecule has 0 aliphatic rings. The van der Waals surface area contributed by atoms with Gasteiger partial charge >= 0.3 is 0 Å². The van der Waals surface area contributed by atoms with Gasteiger partial charge in [-0.25, -0.2) is 4.68 Å². The number of benzene rings is 1. The molecule has 0 aliphatic heterocycles. The molecule has 0 aliphatic carbocycles. The molecule has 0 bridgehead atoms. The van der Waals surface area contributed by atoms with E-state index in [4.69, 9.17) is 5.10 Å². The second kappa shape index (κ2) is 8.99. The molecule has 0 N–H and O–H groups in total. The summed E-state index contributed by atoms with van der Waals surface area (Å²) in [6.45, 7) is 8.72. The van der Waals surface area contributed by atoms with Crippen molar-refractivity contribution in [2.24, 2.45) is 16.0 Å². The number of thiazole rings is 1. The van der Waals surface area contributed by atoms with Crippen LogP contribution in [0.3, 0.4) is 0 Å². The molecule has 0 saturated carbocycles. The van der Waals surface area contributed by atoms with Crippen molar-refractivity contribution in [1.82, 2.24) is 4.68 Å². The molecular formula is C18H22BrN3S. The Balaban J connectivity index is 2.54. The molecule has 0 saturated heterocycles. The van der Waals surface area contributed by atoms with Gasteiger partial charge < -0.3 is 0 Å². The first-order chi connectivity index (χ1) is 11.2. The van der Waals surface area contributed by atoms with E-state index in [1.54, 1.807) is 17.4 Å². The second-order valence-electron chi connectivity index (χ2n) is 5.17. The van der Waals surface area contributed by atoms with Crippen molar-refractivity contribution in [3.63, 3.8) is 0 Å². The highest BCUT2D eigenvalue weighted by Crippen LogP contribution is 2.28. The van der Waals surface area contributed by atoms with Gasteiger partial charge in [-0.15, -0.1) is 17.9 Å². The Morgan fingerprint density at radius 2 is 2.04 bits per heavy atom. The summed E-state index contributed by atoms with van der Waals surface area (Å²) in [7, 11) is 0. The van der Waals surface area contributed by atoms with Crippen molar-refractivity contribution in [1.29, 1.82) is 0 Å². The fraction of sp³-hybridized carbons (Fsp3) is 0.333. The Hall–Kier alpha value is -1.46. The van der Waals surface area contributed by atoms with Gasteiger partial charge in [0.25, 0.3) is 0 Å². The van der Waals surface area contributed by atoms with Crippen molar-refractivity contribution in [3.8, 4) is 11.3 Å². The van der Waals surface area contributed by atoms with Gasteiger partial charge in [0.2, 0.25) is 4.80 Å². The lowest BCUT2D eigenvalue weighted by molar-refractivity contribution is 0.647. The summed E-state index contributed by atoms with van der Waals surface area (Å²) < 4.78 is 2.99. The summed E-state index contributed by atoms with van der Waals surface area (Å²) in [6.07, 6.45) is 6.02. The minimum atomic E-state index is 0.488. The zero-order valence-corrected chi connectivity index (χ0v) is 16.0. The van der Waals surface area contributed by atoms with Gasteiger partial charge in [0.15, 0.2) is 0 Å². The highest BCUT2D eigenvalue weighted by molar-refractivity contribution is 9.10. The molecule has 23 heavy (non-hydrogen) atoms. The van der Waals surface area contributed by atoms with Crippen LogP contribution in [-0.4, -0.2) is 17.4 Å². The summed E-state index contributed by atoms with van der Waals surface area (Å²) in [5.41, 5.74) is 2.16. The van der Waals surface area contributed by atoms with Crippen molar-refractivity contribution in [2.45, 2.75) is 26.7 Å². The van der Waals surface area contributed by atoms with E-state index < -0.39 is 0 Å². The molecule has 0 amide bonds. The van der Waals surface area contributed by atoms with Crippen LogP contribution in [0.2, 0.25) is 0 Å². The van der Waals surface area contributed by atoms with Gasteiger partial charge in [-0.05, 0) is 24.8 Å². The molecule has 1 heterocycles. The molecular weight excluding hydrogens is 370 g/mol. The molecule has 1 aromatic heterocycles. The van der Waals surface area contributed by atoms with Crippen LogP contribution >= 0.6 is 27.3 Å². The lowest BCUT2D eigenvalue weighted by atomic mass is 10.1. The summed E-state index contributed by atoms with van der Waals surface area (Å²) in [4.78, 5) is 5.45. The van der Waals surface area contributed by atoms with Crippen LogP contribution in [0, 0.1) is 5.92 Å². The average molecular weight is 392 g/mol. The van der Waals surface area contributed by atoms with E-state index in [2.05, 4.69) is 52.8 Å². The van der Waals surface area contributed by atoms with Crippen LogP contribution in [0.1, 0.15) is 26.7 Å². The fourth-order valence-electron chi connectivity index (χ4n) is 2.18. The van der Waals surface area contributed by atoms with Gasteiger partial charge in [0, 0.05) is 21.6 Å². The van der Waals surface area contributed by atoms with Gasteiger partial charge in [-0.3, -0.25) is 4.99 Å². The van der Waals surface area contributed by atoms with Crippen LogP contribution in [0.15, 0.2) is 56.9 Å². The maximum atomic E-state index is 4.73. The van der Waals surface area contributed by atoms with E-state index in [-0.39, 0.29) is 0 Å². The quantitative estimate of drug-likeness (QED) is 0.450. The molecule has 2 aromatic rings. The first-order valence-corrected chi connectivity index (χ1v) is 9.49. The Kier molecular flexibility index (Phi) is 6.99. The highest BCUT2D eigenvalue weighted by atomic mass is 79.9. The molecule has 0 fully saturated rings. The van der Waals surface area contributed by atoms with E-state index in [9.17, 15) is 0 Å². The predicted molar refractivity (Wildman–Crippen MR) is 104 cm³/mol. The van der Waals surface area contributed by atoms with E-state index in [1.165, 1.54) is 0 Å². The zero-order chi connectivity index (χ0) is 16.7. The van der Waals surface area contributed by atoms with Crippen molar-refractivity contribution in [2.75, 3.05) is 6.54 Å². The topological polar surface area (TPSA) is 29.6 Å². The number of rotatable bonds is 7. The minimum absolute atomic E-state index is 0.488. The normalized spacial score (nSPS) is 12.4. The number of hydrogen-bond donors (Lipinski definition) is 0. The van der Waals surface area contributed by atoms with E-state index >= 15 is 0 Å². The Labute approximate surface area is 150 Å². The molecule has 122 valence electrons. The first-order valence-electron chi connectivity index (χ1n) is 7.82. The number of hydrogen-bond acceptors (Lipinski definition) is 3. The zero-order valence-electron chi connectivity index (χ0n) is 13.6. The lowest BCUT2D eigenvalue weighted by Crippen LogP contribution is -2.13. The molecule has 0 unspecified atom stereocenters. The van der Waals surface area contributed by atoms with Gasteiger partial charge in [0.05, 0.1) is 12.2 Å². The summed E-state index contributed by atoms with van der Waals surface area (Å²) in [6, 6.07) is 8.18. The Morgan fingerprint density at radius 3 is 2.70 bits per heavy atom. The average Bonchev–Trinajstić information content (AvgIpc) is 2.97. The maximum Gasteiger partial charge on any atom is 0.206 e. The molecule has 0 radical (unpaired) electrons. The SMILES string of the molecule is C=CCN=c1scc(-c2ccccc2Br)n1N=CC(CC)CC. The van der Waals surface area contributed by atoms with Crippen molar-refractivity contribution >= 4 is 33.5 Å². The second-order valence-corrected chi connectivity index (χ2v) is 6.86. The highest BCUT2D eigenvalue weighted by Gasteiger charge is 2.10. The van der Waals surface area contributed by atoms with Crippen LogP contribution in [0.4, 0.5) is 0 Å². The molecule has 5 heteroatoms. The summed E-state index contributed by atoms with van der Waals surface area (Å²) >= 11 is 5.23. The standard InChI is InChI=1S/C18H22BrN3S/c1-4-11-20-18-22(21-12-14(5-2)6-3)17(13-23-18)15-9-7-8-10-16(15)19/h4,7-10,12-14H,1,5-6,11H2,2-3H3. The first kappa shape index (κ1) is 17.9. The van der Waals surface area contributed by atoms with Crippen molar-refractivity contribution < 1.29 is 0 Å². The van der Waals surface area contributed by atoms with Crippen LogP contribution in [0.25, 0.3) is 11.3 Å². The fourth-order valence-corrected chi connectivity index (χ4v) is 3.50. The Morgan fingerprint density at radius 1 is 1.30 bits per heavy atom. The number of nitrogens with zero attached hydrogens (tertiary/aromatic N) is 3. The molecule has 0 atom stereocenters. The third-order valence-corrected chi connectivity index (χ3v) is 5.18. The molecule has 1 aromatic carbocycles. The van der Waals surface area contributed by atoms with Crippen LogP contribution in [-0.2, 0) is 0 Å². The predicted octanol–water partition coefficient (Wildman–Crippen LogP) is 5.34. The van der Waals surface area contributed by atoms with Crippen LogP contribution < -0.4 is 4.80 Å². The van der Waals surface area contributed by atoms with E-state index in [0.29, 0.717) is 12.5 Å². The third-order valence-electron chi connectivity index (χ3n) is 3.63. The van der Waals surface area contributed by atoms with Gasteiger partial charge in [-0.2, -0.15) is 5.10 Å². The van der Waals surface area contributed by atoms with Crippen molar-refractivity contribution in [3.05, 3.63) is 51.6 Å². The maximum absolute atomic E-state index is 4.73. The van der Waals surface area contributed by atoms with Gasteiger partial charge in [-0.1, -0.05) is 54.1 Å². The van der Waals surface area contributed by atoms with E-state index in [0.717, 1.165) is 33.4 Å².